The summed E-state index contributed by atoms with van der Waals surface area (Å²) in [6.45, 7) is 5.11. The van der Waals surface area contributed by atoms with Crippen molar-refractivity contribution in [1.29, 1.82) is 0 Å². The molecule has 1 unspecified atom stereocenters. The lowest BCUT2D eigenvalue weighted by molar-refractivity contribution is -0.127. The first-order valence-electron chi connectivity index (χ1n) is 7.42. The molecule has 0 aromatic rings. The molecule has 0 radical (unpaired) electrons. The Labute approximate surface area is 121 Å². The van der Waals surface area contributed by atoms with Gasteiger partial charge >= 0.3 is 0 Å². The number of nitrogens with zero attached hydrogens (tertiary/aromatic N) is 1. The number of amides is 1. The highest BCUT2D eigenvalue weighted by atomic mass is 32.1. The van der Waals surface area contributed by atoms with Crippen molar-refractivity contribution in [3.8, 4) is 0 Å². The summed E-state index contributed by atoms with van der Waals surface area (Å²) < 4.78 is 0. The summed E-state index contributed by atoms with van der Waals surface area (Å²) >= 11 is 5.15. The first-order valence-corrected chi connectivity index (χ1v) is 7.83. The zero-order chi connectivity index (χ0) is 13.9. The fourth-order valence-corrected chi connectivity index (χ4v) is 3.78. The molecule has 1 heterocycles. The van der Waals surface area contributed by atoms with E-state index in [0.717, 1.165) is 45.3 Å². The summed E-state index contributed by atoms with van der Waals surface area (Å²) in [5.74, 6) is 0.0560. The molecule has 4 nitrogen and oxygen atoms in total. The molecule has 0 spiro atoms. The van der Waals surface area contributed by atoms with Crippen LogP contribution in [0.1, 0.15) is 45.4 Å². The number of likely N-dealkylation sites (tertiary alicyclic amines) is 1. The third-order valence-electron chi connectivity index (χ3n) is 4.77. The number of hydrogen-bond acceptors (Lipinski definition) is 3. The smallest absolute Gasteiger partial charge is 0.233 e. The minimum absolute atomic E-state index is 0.0560. The molecule has 0 aromatic heterocycles. The Morgan fingerprint density at radius 2 is 2.11 bits per heavy atom. The predicted molar refractivity (Wildman–Crippen MR) is 81.0 cm³/mol. The van der Waals surface area contributed by atoms with Gasteiger partial charge in [-0.25, -0.2) is 0 Å². The van der Waals surface area contributed by atoms with Crippen LogP contribution in [0.2, 0.25) is 0 Å². The molecule has 1 aliphatic heterocycles. The number of thiocarbonyl (C=S) groups is 1. The summed E-state index contributed by atoms with van der Waals surface area (Å²) in [4.78, 5) is 15.3. The largest absolute Gasteiger partial charge is 0.392 e. The molecule has 0 aromatic carbocycles. The van der Waals surface area contributed by atoms with Crippen molar-refractivity contribution in [2.75, 3.05) is 19.6 Å². The minimum atomic E-state index is -0.565. The third-order valence-corrected chi connectivity index (χ3v) is 5.16. The van der Waals surface area contributed by atoms with Crippen LogP contribution in [0.15, 0.2) is 0 Å². The van der Waals surface area contributed by atoms with Crippen molar-refractivity contribution in [1.82, 2.24) is 10.2 Å². The topological polar surface area (TPSA) is 58.4 Å². The molecule has 1 aliphatic carbocycles. The molecular weight excluding hydrogens is 258 g/mol. The average Bonchev–Trinajstić information content (AvgIpc) is 3.05. The van der Waals surface area contributed by atoms with Gasteiger partial charge in [-0.05, 0) is 38.8 Å². The zero-order valence-electron chi connectivity index (χ0n) is 11.8. The molecule has 19 heavy (non-hydrogen) atoms. The summed E-state index contributed by atoms with van der Waals surface area (Å²) in [6.07, 6.45) is 6.14. The van der Waals surface area contributed by atoms with Crippen molar-refractivity contribution in [2.45, 2.75) is 51.5 Å². The molecule has 2 aliphatic rings. The van der Waals surface area contributed by atoms with Gasteiger partial charge < -0.3 is 11.1 Å². The molecule has 5 heteroatoms. The molecular formula is C14H25N3OS. The van der Waals surface area contributed by atoms with Crippen LogP contribution < -0.4 is 11.1 Å². The third kappa shape index (κ3) is 2.92. The highest BCUT2D eigenvalue weighted by molar-refractivity contribution is 7.80. The lowest BCUT2D eigenvalue weighted by atomic mass is 9.85. The standard InChI is InChI=1S/C14H25N3OS/c1-2-17-9-5-6-11(17)10-16-13(18)14(12(15)19)7-3-4-8-14/h11H,2-10H2,1H3,(H2,15,19)(H,16,18). The van der Waals surface area contributed by atoms with Crippen molar-refractivity contribution in [3.05, 3.63) is 0 Å². The quantitative estimate of drug-likeness (QED) is 0.750. The Hall–Kier alpha value is -0.680. The van der Waals surface area contributed by atoms with Crippen LogP contribution in [0, 0.1) is 5.41 Å². The molecule has 2 fully saturated rings. The number of likely N-dealkylation sites (N-methyl/N-ethyl adjacent to an activating group) is 1. The van der Waals surface area contributed by atoms with Crippen LogP contribution in [0.5, 0.6) is 0 Å². The summed E-state index contributed by atoms with van der Waals surface area (Å²) in [6, 6.07) is 0.485. The highest BCUT2D eigenvalue weighted by Crippen LogP contribution is 2.38. The first-order chi connectivity index (χ1) is 9.10. The second kappa shape index (κ2) is 6.18. The fraction of sp³-hybridized carbons (Fsp3) is 0.857. The average molecular weight is 283 g/mol. The van der Waals surface area contributed by atoms with Gasteiger partial charge in [-0.15, -0.1) is 0 Å². The zero-order valence-corrected chi connectivity index (χ0v) is 12.6. The van der Waals surface area contributed by atoms with Gasteiger partial charge in [0.25, 0.3) is 0 Å². The van der Waals surface area contributed by atoms with Gasteiger partial charge in [0.05, 0.1) is 10.4 Å². The number of nitrogens with one attached hydrogen (secondary N) is 1. The number of rotatable bonds is 5. The van der Waals surface area contributed by atoms with Crippen molar-refractivity contribution in [3.63, 3.8) is 0 Å². The van der Waals surface area contributed by atoms with Gasteiger partial charge in [0.2, 0.25) is 5.91 Å². The molecule has 1 saturated heterocycles. The van der Waals surface area contributed by atoms with Crippen LogP contribution in [0.3, 0.4) is 0 Å². The van der Waals surface area contributed by atoms with E-state index in [0.29, 0.717) is 11.0 Å². The Morgan fingerprint density at radius 3 is 2.68 bits per heavy atom. The van der Waals surface area contributed by atoms with E-state index in [9.17, 15) is 4.79 Å². The minimum Gasteiger partial charge on any atom is -0.392 e. The number of nitrogens with two attached hydrogens (primary N) is 1. The van der Waals surface area contributed by atoms with E-state index in [2.05, 4.69) is 17.1 Å². The normalized spacial score (nSPS) is 26.5. The van der Waals surface area contributed by atoms with Crippen LogP contribution >= 0.6 is 12.2 Å². The Balaban J connectivity index is 1.91. The maximum atomic E-state index is 12.5. The first kappa shape index (κ1) is 14.7. The van der Waals surface area contributed by atoms with E-state index in [1.807, 2.05) is 0 Å². The number of carbonyl (C=O) groups excluding carboxylic acids is 1. The second-order valence-corrected chi connectivity index (χ2v) is 6.23. The highest BCUT2D eigenvalue weighted by Gasteiger charge is 2.44. The van der Waals surface area contributed by atoms with Crippen LogP contribution in [-0.4, -0.2) is 41.5 Å². The van der Waals surface area contributed by atoms with Crippen LogP contribution in [0.25, 0.3) is 0 Å². The molecule has 3 N–H and O–H groups in total. The van der Waals surface area contributed by atoms with E-state index in [4.69, 9.17) is 18.0 Å². The Bertz CT molecular complexity index is 353. The van der Waals surface area contributed by atoms with Gasteiger partial charge in [-0.3, -0.25) is 9.69 Å². The van der Waals surface area contributed by atoms with Gasteiger partial charge in [0.1, 0.15) is 0 Å². The summed E-state index contributed by atoms with van der Waals surface area (Å²) in [5.41, 5.74) is 5.27. The monoisotopic (exact) mass is 283 g/mol. The van der Waals surface area contributed by atoms with E-state index < -0.39 is 5.41 Å². The fourth-order valence-electron chi connectivity index (χ4n) is 3.49. The molecule has 108 valence electrons. The van der Waals surface area contributed by atoms with Gasteiger partial charge in [0, 0.05) is 12.6 Å². The number of carbonyl (C=O) groups is 1. The molecule has 2 rings (SSSR count). The van der Waals surface area contributed by atoms with Gasteiger partial charge in [0.15, 0.2) is 0 Å². The van der Waals surface area contributed by atoms with Crippen LogP contribution in [0.4, 0.5) is 0 Å². The molecule has 1 atom stereocenters. The van der Waals surface area contributed by atoms with Crippen molar-refractivity contribution < 1.29 is 4.79 Å². The maximum Gasteiger partial charge on any atom is 0.233 e. The SMILES string of the molecule is CCN1CCCC1CNC(=O)C1(C(N)=S)CCCC1. The number of hydrogen-bond donors (Lipinski definition) is 2. The maximum absolute atomic E-state index is 12.5. The predicted octanol–water partition coefficient (Wildman–Crippen LogP) is 1.43. The Morgan fingerprint density at radius 1 is 1.42 bits per heavy atom. The van der Waals surface area contributed by atoms with E-state index in [1.165, 1.54) is 12.8 Å². The summed E-state index contributed by atoms with van der Waals surface area (Å²) in [5, 5.41) is 3.10. The second-order valence-electron chi connectivity index (χ2n) is 5.79. The molecule has 1 saturated carbocycles. The van der Waals surface area contributed by atoms with E-state index in [1.54, 1.807) is 0 Å². The van der Waals surface area contributed by atoms with Crippen molar-refractivity contribution in [2.24, 2.45) is 11.1 Å². The lowest BCUT2D eigenvalue weighted by Crippen LogP contribution is -2.50. The lowest BCUT2D eigenvalue weighted by Gasteiger charge is -2.29. The molecule has 1 amide bonds. The Kier molecular flexibility index (Phi) is 4.79. The van der Waals surface area contributed by atoms with E-state index >= 15 is 0 Å². The van der Waals surface area contributed by atoms with Gasteiger partial charge in [-0.1, -0.05) is 32.0 Å². The summed E-state index contributed by atoms with van der Waals surface area (Å²) in [7, 11) is 0. The molecule has 0 bridgehead atoms. The van der Waals surface area contributed by atoms with Gasteiger partial charge in [-0.2, -0.15) is 0 Å². The van der Waals surface area contributed by atoms with E-state index in [-0.39, 0.29) is 5.91 Å². The van der Waals surface area contributed by atoms with Crippen molar-refractivity contribution >= 4 is 23.1 Å². The van der Waals surface area contributed by atoms with Crippen LogP contribution in [-0.2, 0) is 4.79 Å².